The molecule has 0 aliphatic carbocycles. The van der Waals surface area contributed by atoms with Gasteiger partial charge in [-0.25, -0.2) is 9.18 Å². The van der Waals surface area contributed by atoms with E-state index in [4.69, 9.17) is 9.84 Å². The molecule has 2 atom stereocenters. The second-order valence-corrected chi connectivity index (χ2v) is 5.62. The summed E-state index contributed by atoms with van der Waals surface area (Å²) in [6.45, 7) is 3.24. The first-order valence-corrected chi connectivity index (χ1v) is 7.26. The molecule has 0 aromatic heterocycles. The molecule has 1 aromatic carbocycles. The fourth-order valence-corrected chi connectivity index (χ4v) is 3.08. The zero-order valence-electron chi connectivity index (χ0n) is 11.7. The molecule has 2 saturated heterocycles. The maximum absolute atomic E-state index is 13.1. The molecule has 2 fully saturated rings. The molecule has 6 heteroatoms. The molecule has 5 nitrogen and oxygen atoms in total. The second-order valence-electron chi connectivity index (χ2n) is 5.62. The van der Waals surface area contributed by atoms with Crippen molar-refractivity contribution in [3.05, 3.63) is 29.6 Å². The highest BCUT2D eigenvalue weighted by Gasteiger charge is 2.32. The normalized spacial score (nSPS) is 25.6. The third-order valence-electron chi connectivity index (χ3n) is 4.19. The first-order valence-electron chi connectivity index (χ1n) is 7.26. The minimum atomic E-state index is -1.14. The van der Waals surface area contributed by atoms with E-state index in [9.17, 15) is 9.18 Å². The van der Waals surface area contributed by atoms with Crippen molar-refractivity contribution in [3.8, 4) is 0 Å². The molecule has 3 rings (SSSR count). The van der Waals surface area contributed by atoms with Gasteiger partial charge in [0.25, 0.3) is 0 Å². The Morgan fingerprint density at radius 2 is 2.38 bits per heavy atom. The van der Waals surface area contributed by atoms with Gasteiger partial charge in [-0.15, -0.1) is 0 Å². The Hall–Kier alpha value is -1.66. The molecule has 0 radical (unpaired) electrons. The van der Waals surface area contributed by atoms with E-state index in [2.05, 4.69) is 10.2 Å². The number of rotatable bonds is 4. The van der Waals surface area contributed by atoms with Crippen molar-refractivity contribution in [2.75, 3.05) is 31.6 Å². The predicted octanol–water partition coefficient (Wildman–Crippen LogP) is 1.80. The molecule has 21 heavy (non-hydrogen) atoms. The topological polar surface area (TPSA) is 61.8 Å². The van der Waals surface area contributed by atoms with E-state index in [1.54, 1.807) is 0 Å². The molecule has 2 heterocycles. The maximum atomic E-state index is 13.1. The number of hydrogen-bond acceptors (Lipinski definition) is 4. The van der Waals surface area contributed by atoms with Gasteiger partial charge in [-0.2, -0.15) is 0 Å². The molecule has 2 N–H and O–H groups in total. The van der Waals surface area contributed by atoms with E-state index in [-0.39, 0.29) is 11.7 Å². The van der Waals surface area contributed by atoms with Gasteiger partial charge in [0, 0.05) is 24.8 Å². The molecule has 0 amide bonds. The van der Waals surface area contributed by atoms with Crippen LogP contribution < -0.4 is 5.32 Å². The van der Waals surface area contributed by atoms with Crippen LogP contribution in [0.5, 0.6) is 0 Å². The number of morpholine rings is 1. The quantitative estimate of drug-likeness (QED) is 0.886. The van der Waals surface area contributed by atoms with E-state index >= 15 is 0 Å². The highest BCUT2D eigenvalue weighted by molar-refractivity contribution is 5.94. The highest BCUT2D eigenvalue weighted by atomic mass is 19.1. The fourth-order valence-electron chi connectivity index (χ4n) is 3.08. The Bertz CT molecular complexity index is 538. The molecule has 2 aliphatic rings. The van der Waals surface area contributed by atoms with E-state index in [1.165, 1.54) is 25.0 Å². The average Bonchev–Trinajstić information content (AvgIpc) is 2.93. The van der Waals surface area contributed by atoms with Crippen LogP contribution in [0.2, 0.25) is 0 Å². The largest absolute Gasteiger partial charge is 0.478 e. The van der Waals surface area contributed by atoms with Crippen LogP contribution in [0.1, 0.15) is 23.2 Å². The second kappa shape index (κ2) is 5.99. The molecule has 2 unspecified atom stereocenters. The lowest BCUT2D eigenvalue weighted by Gasteiger charge is -2.35. The van der Waals surface area contributed by atoms with Crippen LogP contribution in [0, 0.1) is 5.82 Å². The third-order valence-corrected chi connectivity index (χ3v) is 4.19. The SMILES string of the molecule is O=C(O)c1cc(F)ccc1NCC1CN2CCCC2CO1. The lowest BCUT2D eigenvalue weighted by molar-refractivity contribution is -0.0415. The number of nitrogens with one attached hydrogen (secondary N) is 1. The summed E-state index contributed by atoms with van der Waals surface area (Å²) in [6.07, 6.45) is 2.45. The summed E-state index contributed by atoms with van der Waals surface area (Å²) >= 11 is 0. The van der Waals surface area contributed by atoms with Gasteiger partial charge in [0.2, 0.25) is 0 Å². The number of carboxylic acid groups (broad SMARTS) is 1. The van der Waals surface area contributed by atoms with Gasteiger partial charge in [0.1, 0.15) is 5.82 Å². The lowest BCUT2D eigenvalue weighted by Crippen LogP contribution is -2.48. The van der Waals surface area contributed by atoms with E-state index < -0.39 is 11.8 Å². The summed E-state index contributed by atoms with van der Waals surface area (Å²) in [5.41, 5.74) is 0.376. The monoisotopic (exact) mass is 294 g/mol. The molecular formula is C15H19FN2O3. The van der Waals surface area contributed by atoms with Gasteiger partial charge in [0.05, 0.1) is 18.3 Å². The van der Waals surface area contributed by atoms with Crippen molar-refractivity contribution in [2.45, 2.75) is 25.0 Å². The van der Waals surface area contributed by atoms with Crippen LogP contribution in [0.25, 0.3) is 0 Å². The van der Waals surface area contributed by atoms with Crippen molar-refractivity contribution in [1.82, 2.24) is 4.90 Å². The number of nitrogens with zero attached hydrogens (tertiary/aromatic N) is 1. The van der Waals surface area contributed by atoms with Crippen LogP contribution >= 0.6 is 0 Å². The minimum absolute atomic E-state index is 0.0334. The van der Waals surface area contributed by atoms with Crippen LogP contribution in [0.4, 0.5) is 10.1 Å². The highest BCUT2D eigenvalue weighted by Crippen LogP contribution is 2.23. The van der Waals surface area contributed by atoms with Crippen molar-refractivity contribution in [1.29, 1.82) is 0 Å². The number of aromatic carboxylic acids is 1. The number of ether oxygens (including phenoxy) is 1. The zero-order valence-corrected chi connectivity index (χ0v) is 11.7. The lowest BCUT2D eigenvalue weighted by atomic mass is 10.1. The van der Waals surface area contributed by atoms with E-state index in [0.29, 0.717) is 18.3 Å². The number of anilines is 1. The molecule has 0 bridgehead atoms. The van der Waals surface area contributed by atoms with Gasteiger partial charge >= 0.3 is 5.97 Å². The Balaban J connectivity index is 1.61. The van der Waals surface area contributed by atoms with Gasteiger partial charge in [-0.05, 0) is 37.6 Å². The van der Waals surface area contributed by atoms with Gasteiger partial charge in [-0.1, -0.05) is 0 Å². The number of hydrogen-bond donors (Lipinski definition) is 2. The minimum Gasteiger partial charge on any atom is -0.478 e. The summed E-state index contributed by atoms with van der Waals surface area (Å²) in [6, 6.07) is 4.29. The van der Waals surface area contributed by atoms with Crippen molar-refractivity contribution < 1.29 is 19.0 Å². The molecule has 1 aromatic rings. The smallest absolute Gasteiger partial charge is 0.337 e. The van der Waals surface area contributed by atoms with Crippen molar-refractivity contribution in [3.63, 3.8) is 0 Å². The summed E-state index contributed by atoms with van der Waals surface area (Å²) in [7, 11) is 0. The number of carboxylic acids is 1. The van der Waals surface area contributed by atoms with Crippen LogP contribution in [-0.4, -0.2) is 54.4 Å². The number of halogens is 1. The van der Waals surface area contributed by atoms with Crippen LogP contribution in [0.15, 0.2) is 18.2 Å². The molecule has 114 valence electrons. The number of fused-ring (bicyclic) bond motifs is 1. The fraction of sp³-hybridized carbons (Fsp3) is 0.533. The number of benzene rings is 1. The summed E-state index contributed by atoms with van der Waals surface area (Å²) < 4.78 is 18.9. The standard InChI is InChI=1S/C15H19FN2O3/c16-10-3-4-14(13(6-10)15(19)20)17-7-12-8-18-5-1-2-11(18)9-21-12/h3-4,6,11-12,17H,1-2,5,7-9H2,(H,19,20). The van der Waals surface area contributed by atoms with E-state index in [1.807, 2.05) is 0 Å². The van der Waals surface area contributed by atoms with Gasteiger partial charge in [-0.3, -0.25) is 4.90 Å². The average molecular weight is 294 g/mol. The van der Waals surface area contributed by atoms with Crippen molar-refractivity contribution in [2.24, 2.45) is 0 Å². The zero-order chi connectivity index (χ0) is 14.8. The molecular weight excluding hydrogens is 275 g/mol. The Morgan fingerprint density at radius 1 is 1.52 bits per heavy atom. The van der Waals surface area contributed by atoms with Gasteiger partial charge in [0.15, 0.2) is 0 Å². The Kier molecular flexibility index (Phi) is 4.07. The van der Waals surface area contributed by atoms with Crippen LogP contribution in [0.3, 0.4) is 0 Å². The van der Waals surface area contributed by atoms with E-state index in [0.717, 1.165) is 25.8 Å². The first kappa shape index (κ1) is 14.3. The summed E-state index contributed by atoms with van der Waals surface area (Å²) in [5.74, 6) is -1.69. The first-order chi connectivity index (χ1) is 10.1. The number of carbonyl (C=O) groups is 1. The third kappa shape index (κ3) is 3.16. The van der Waals surface area contributed by atoms with Crippen molar-refractivity contribution >= 4 is 11.7 Å². The summed E-state index contributed by atoms with van der Waals surface area (Å²) in [4.78, 5) is 13.6. The Morgan fingerprint density at radius 3 is 3.19 bits per heavy atom. The van der Waals surface area contributed by atoms with Crippen LogP contribution in [-0.2, 0) is 4.74 Å². The van der Waals surface area contributed by atoms with Gasteiger partial charge < -0.3 is 15.2 Å². The maximum Gasteiger partial charge on any atom is 0.337 e. The molecule has 2 aliphatic heterocycles. The molecule has 0 saturated carbocycles. The Labute approximate surface area is 122 Å². The summed E-state index contributed by atoms with van der Waals surface area (Å²) in [5, 5.41) is 12.2. The molecule has 0 spiro atoms. The predicted molar refractivity (Wildman–Crippen MR) is 76.2 cm³/mol.